The van der Waals surface area contributed by atoms with E-state index in [2.05, 4.69) is 0 Å². The number of benzene rings is 2. The summed E-state index contributed by atoms with van der Waals surface area (Å²) in [6.07, 6.45) is 0.750. The number of hydrogen-bond acceptors (Lipinski definition) is 3. The SMILES string of the molecule is COc1cc(C=O)ccc1OCc1cc(Cl)ccc1Cl. The van der Waals surface area contributed by atoms with Crippen LogP contribution in [0.15, 0.2) is 36.4 Å². The maximum atomic E-state index is 10.7. The molecular formula is C15H12Cl2O3. The van der Waals surface area contributed by atoms with Crippen molar-refractivity contribution in [2.45, 2.75) is 6.61 Å². The van der Waals surface area contributed by atoms with Gasteiger partial charge in [-0.05, 0) is 36.4 Å². The number of ether oxygens (including phenoxy) is 2. The molecule has 0 spiro atoms. The van der Waals surface area contributed by atoms with E-state index in [-0.39, 0.29) is 6.61 Å². The van der Waals surface area contributed by atoms with Gasteiger partial charge in [-0.2, -0.15) is 0 Å². The normalized spacial score (nSPS) is 10.2. The predicted octanol–water partition coefficient (Wildman–Crippen LogP) is 4.39. The summed E-state index contributed by atoms with van der Waals surface area (Å²) >= 11 is 12.0. The second-order valence-electron chi connectivity index (χ2n) is 4.05. The third-order valence-electron chi connectivity index (χ3n) is 2.71. The Morgan fingerprint density at radius 2 is 1.90 bits per heavy atom. The number of methoxy groups -OCH3 is 1. The summed E-state index contributed by atoms with van der Waals surface area (Å²) < 4.78 is 10.9. The van der Waals surface area contributed by atoms with Gasteiger partial charge in [0.2, 0.25) is 0 Å². The van der Waals surface area contributed by atoms with Crippen molar-refractivity contribution in [2.24, 2.45) is 0 Å². The molecule has 5 heteroatoms. The second kappa shape index (κ2) is 6.64. The summed E-state index contributed by atoms with van der Waals surface area (Å²) in [6.45, 7) is 0.260. The van der Waals surface area contributed by atoms with Gasteiger partial charge in [-0.15, -0.1) is 0 Å². The zero-order valence-corrected chi connectivity index (χ0v) is 12.2. The minimum Gasteiger partial charge on any atom is -0.493 e. The number of aldehydes is 1. The molecule has 0 atom stereocenters. The average Bonchev–Trinajstić information content (AvgIpc) is 2.48. The standard InChI is InChI=1S/C15H12Cl2O3/c1-19-15-6-10(8-18)2-5-14(15)20-9-11-7-12(16)3-4-13(11)17/h2-8H,9H2,1H3. The van der Waals surface area contributed by atoms with Crippen LogP contribution in [0, 0.1) is 0 Å². The minimum absolute atomic E-state index is 0.260. The van der Waals surface area contributed by atoms with Crippen LogP contribution < -0.4 is 9.47 Å². The fourth-order valence-electron chi connectivity index (χ4n) is 1.69. The first-order valence-electron chi connectivity index (χ1n) is 5.84. The number of rotatable bonds is 5. The van der Waals surface area contributed by atoms with Gasteiger partial charge < -0.3 is 9.47 Å². The molecule has 0 N–H and O–H groups in total. The van der Waals surface area contributed by atoms with Crippen LogP contribution in [0.2, 0.25) is 10.0 Å². The molecule has 0 aliphatic carbocycles. The summed E-state index contributed by atoms with van der Waals surface area (Å²) in [4.78, 5) is 10.7. The number of hydrogen-bond donors (Lipinski definition) is 0. The van der Waals surface area contributed by atoms with Gasteiger partial charge in [0.05, 0.1) is 7.11 Å². The van der Waals surface area contributed by atoms with Crippen LogP contribution in [-0.4, -0.2) is 13.4 Å². The second-order valence-corrected chi connectivity index (χ2v) is 4.90. The Balaban J connectivity index is 2.18. The highest BCUT2D eigenvalue weighted by molar-refractivity contribution is 6.33. The van der Waals surface area contributed by atoms with E-state index >= 15 is 0 Å². The van der Waals surface area contributed by atoms with Gasteiger partial charge in [0, 0.05) is 21.2 Å². The quantitative estimate of drug-likeness (QED) is 0.768. The Bertz CT molecular complexity index is 627. The van der Waals surface area contributed by atoms with Crippen molar-refractivity contribution in [1.29, 1.82) is 0 Å². The molecule has 0 aliphatic heterocycles. The first kappa shape index (κ1) is 14.7. The Morgan fingerprint density at radius 1 is 1.10 bits per heavy atom. The molecule has 0 radical (unpaired) electrons. The summed E-state index contributed by atoms with van der Waals surface area (Å²) in [5.74, 6) is 1.03. The van der Waals surface area contributed by atoms with Crippen molar-refractivity contribution in [3.63, 3.8) is 0 Å². The van der Waals surface area contributed by atoms with Crippen molar-refractivity contribution in [3.05, 3.63) is 57.6 Å². The molecule has 2 aromatic rings. The van der Waals surface area contributed by atoms with Crippen molar-refractivity contribution in [2.75, 3.05) is 7.11 Å². The van der Waals surface area contributed by atoms with Crippen molar-refractivity contribution >= 4 is 29.5 Å². The van der Waals surface area contributed by atoms with Crippen LogP contribution in [0.5, 0.6) is 11.5 Å². The smallest absolute Gasteiger partial charge is 0.161 e. The lowest BCUT2D eigenvalue weighted by molar-refractivity contribution is 0.112. The average molecular weight is 311 g/mol. The van der Waals surface area contributed by atoms with E-state index in [4.69, 9.17) is 32.7 Å². The van der Waals surface area contributed by atoms with E-state index in [9.17, 15) is 4.79 Å². The van der Waals surface area contributed by atoms with Crippen LogP contribution in [0.3, 0.4) is 0 Å². The molecule has 2 aromatic carbocycles. The fraction of sp³-hybridized carbons (Fsp3) is 0.133. The summed E-state index contributed by atoms with van der Waals surface area (Å²) in [5.41, 5.74) is 1.30. The lowest BCUT2D eigenvalue weighted by Gasteiger charge is -2.12. The molecule has 0 aliphatic rings. The molecular weight excluding hydrogens is 299 g/mol. The van der Waals surface area contributed by atoms with Crippen molar-refractivity contribution in [1.82, 2.24) is 0 Å². The highest BCUT2D eigenvalue weighted by atomic mass is 35.5. The Labute approximate surface area is 127 Å². The molecule has 0 saturated carbocycles. The Morgan fingerprint density at radius 3 is 2.60 bits per heavy atom. The molecule has 104 valence electrons. The lowest BCUT2D eigenvalue weighted by Crippen LogP contribution is -1.99. The van der Waals surface area contributed by atoms with Crippen LogP contribution in [0.1, 0.15) is 15.9 Å². The van der Waals surface area contributed by atoms with Crippen molar-refractivity contribution < 1.29 is 14.3 Å². The van der Waals surface area contributed by atoms with E-state index in [1.807, 2.05) is 0 Å². The highest BCUT2D eigenvalue weighted by Gasteiger charge is 2.08. The zero-order valence-electron chi connectivity index (χ0n) is 10.7. The van der Waals surface area contributed by atoms with E-state index in [0.717, 1.165) is 11.8 Å². The Hall–Kier alpha value is -1.71. The summed E-state index contributed by atoms with van der Waals surface area (Å²) in [6, 6.07) is 10.1. The molecule has 0 bridgehead atoms. The molecule has 3 nitrogen and oxygen atoms in total. The number of halogens is 2. The van der Waals surface area contributed by atoms with Gasteiger partial charge in [0.15, 0.2) is 11.5 Å². The summed E-state index contributed by atoms with van der Waals surface area (Å²) in [5, 5.41) is 1.18. The van der Waals surface area contributed by atoms with E-state index in [1.165, 1.54) is 7.11 Å². The predicted molar refractivity (Wildman–Crippen MR) is 79.2 cm³/mol. The third kappa shape index (κ3) is 3.44. The Kier molecular flexibility index (Phi) is 4.88. The van der Waals surface area contributed by atoms with Gasteiger partial charge in [-0.1, -0.05) is 23.2 Å². The zero-order chi connectivity index (χ0) is 14.5. The fourth-order valence-corrected chi connectivity index (χ4v) is 2.05. The number of carbonyl (C=O) groups excluding carboxylic acids is 1. The minimum atomic E-state index is 0.260. The molecule has 0 heterocycles. The van der Waals surface area contributed by atoms with Gasteiger partial charge in [-0.3, -0.25) is 4.79 Å². The third-order valence-corrected chi connectivity index (χ3v) is 3.32. The maximum absolute atomic E-state index is 10.7. The van der Waals surface area contributed by atoms with E-state index < -0.39 is 0 Å². The maximum Gasteiger partial charge on any atom is 0.161 e. The van der Waals surface area contributed by atoms with Gasteiger partial charge in [0.1, 0.15) is 12.9 Å². The molecule has 0 amide bonds. The topological polar surface area (TPSA) is 35.5 Å². The first-order valence-corrected chi connectivity index (χ1v) is 6.59. The van der Waals surface area contributed by atoms with Crippen LogP contribution in [0.25, 0.3) is 0 Å². The lowest BCUT2D eigenvalue weighted by atomic mass is 10.2. The molecule has 2 rings (SSSR count). The van der Waals surface area contributed by atoms with Gasteiger partial charge in [-0.25, -0.2) is 0 Å². The molecule has 20 heavy (non-hydrogen) atoms. The first-order chi connectivity index (χ1) is 9.63. The summed E-state index contributed by atoms with van der Waals surface area (Å²) in [7, 11) is 1.52. The van der Waals surface area contributed by atoms with Gasteiger partial charge >= 0.3 is 0 Å². The highest BCUT2D eigenvalue weighted by Crippen LogP contribution is 2.29. The molecule has 0 aromatic heterocycles. The van der Waals surface area contributed by atoms with Gasteiger partial charge in [0.25, 0.3) is 0 Å². The van der Waals surface area contributed by atoms with E-state index in [0.29, 0.717) is 27.1 Å². The molecule has 0 saturated heterocycles. The molecule has 0 unspecified atom stereocenters. The van der Waals surface area contributed by atoms with Crippen molar-refractivity contribution in [3.8, 4) is 11.5 Å². The molecule has 0 fully saturated rings. The monoisotopic (exact) mass is 310 g/mol. The van der Waals surface area contributed by atoms with Crippen LogP contribution in [0.4, 0.5) is 0 Å². The van der Waals surface area contributed by atoms with Crippen LogP contribution in [-0.2, 0) is 6.61 Å². The van der Waals surface area contributed by atoms with Crippen LogP contribution >= 0.6 is 23.2 Å². The largest absolute Gasteiger partial charge is 0.493 e. The number of carbonyl (C=O) groups is 1. The van der Waals surface area contributed by atoms with E-state index in [1.54, 1.807) is 36.4 Å².